The minimum atomic E-state index is 0.491. The van der Waals surface area contributed by atoms with Crippen molar-refractivity contribution in [2.24, 2.45) is 5.92 Å². The number of anilines is 2. The minimum absolute atomic E-state index is 0.491. The molecule has 4 nitrogen and oxygen atoms in total. The summed E-state index contributed by atoms with van der Waals surface area (Å²) in [5.41, 5.74) is 4.06. The van der Waals surface area contributed by atoms with Crippen LogP contribution in [-0.4, -0.2) is 24.2 Å². The monoisotopic (exact) mass is 363 g/mol. The van der Waals surface area contributed by atoms with Crippen LogP contribution < -0.4 is 15.4 Å². The summed E-state index contributed by atoms with van der Waals surface area (Å²) in [6.45, 7) is 10.2. The molecule has 0 saturated heterocycles. The Morgan fingerprint density at radius 1 is 1.00 bits per heavy atom. The summed E-state index contributed by atoms with van der Waals surface area (Å²) in [5.74, 6) is 1.49. The summed E-state index contributed by atoms with van der Waals surface area (Å²) in [5, 5.41) is 8.11. The Morgan fingerprint density at radius 2 is 1.81 bits per heavy atom. The number of nitrogens with one attached hydrogen (secondary N) is 2. The van der Waals surface area contributed by atoms with Crippen LogP contribution in [0.15, 0.2) is 54.6 Å². The number of hydrogen-bond acceptors (Lipinski definition) is 4. The number of ether oxygens (including phenoxy) is 1. The van der Waals surface area contributed by atoms with Crippen molar-refractivity contribution in [1.82, 2.24) is 10.3 Å². The average Bonchev–Trinajstić information content (AvgIpc) is 2.65. The van der Waals surface area contributed by atoms with E-state index in [0.29, 0.717) is 18.6 Å². The van der Waals surface area contributed by atoms with E-state index in [9.17, 15) is 0 Å². The van der Waals surface area contributed by atoms with Crippen LogP contribution in [0.4, 0.5) is 11.4 Å². The predicted octanol–water partition coefficient (Wildman–Crippen LogP) is 5.30. The third-order valence-electron chi connectivity index (χ3n) is 4.79. The van der Waals surface area contributed by atoms with Gasteiger partial charge in [0.05, 0.1) is 5.52 Å². The minimum Gasteiger partial charge on any atom is -0.492 e. The smallest absolute Gasteiger partial charge is 0.121 e. The molecular weight excluding hydrogens is 334 g/mol. The number of pyridine rings is 1. The van der Waals surface area contributed by atoms with Crippen LogP contribution >= 0.6 is 0 Å². The quantitative estimate of drug-likeness (QED) is 0.533. The zero-order valence-corrected chi connectivity index (χ0v) is 16.6. The van der Waals surface area contributed by atoms with Crippen LogP contribution in [0, 0.1) is 12.8 Å². The van der Waals surface area contributed by atoms with Gasteiger partial charge in [0, 0.05) is 41.1 Å². The molecule has 0 fully saturated rings. The molecule has 1 unspecified atom stereocenters. The van der Waals surface area contributed by atoms with Crippen molar-refractivity contribution < 1.29 is 4.74 Å². The maximum Gasteiger partial charge on any atom is 0.121 e. The van der Waals surface area contributed by atoms with Crippen molar-refractivity contribution in [2.45, 2.75) is 33.7 Å². The predicted molar refractivity (Wildman–Crippen MR) is 114 cm³/mol. The van der Waals surface area contributed by atoms with Crippen molar-refractivity contribution in [3.63, 3.8) is 0 Å². The SMILES string of the molecule is Cc1cc(Nc2cccc(OCCNC(C)C(C)C)c2)c2ccccc2n1. The van der Waals surface area contributed by atoms with Gasteiger partial charge in [0.15, 0.2) is 0 Å². The summed E-state index contributed by atoms with van der Waals surface area (Å²) >= 11 is 0. The molecule has 2 N–H and O–H groups in total. The van der Waals surface area contributed by atoms with E-state index in [1.54, 1.807) is 0 Å². The molecule has 142 valence electrons. The molecule has 0 saturated carbocycles. The number of rotatable bonds is 8. The first-order chi connectivity index (χ1) is 13.0. The van der Waals surface area contributed by atoms with E-state index >= 15 is 0 Å². The molecule has 2 aromatic carbocycles. The third kappa shape index (κ3) is 5.20. The van der Waals surface area contributed by atoms with Crippen LogP contribution in [0.2, 0.25) is 0 Å². The van der Waals surface area contributed by atoms with Gasteiger partial charge < -0.3 is 15.4 Å². The van der Waals surface area contributed by atoms with E-state index in [0.717, 1.165) is 40.3 Å². The fraction of sp³-hybridized carbons (Fsp3) is 0.348. The molecular formula is C23H29N3O. The Balaban J connectivity index is 1.66. The van der Waals surface area contributed by atoms with E-state index in [4.69, 9.17) is 4.74 Å². The van der Waals surface area contributed by atoms with Crippen LogP contribution in [-0.2, 0) is 0 Å². The van der Waals surface area contributed by atoms with Gasteiger partial charge in [0.25, 0.3) is 0 Å². The normalized spacial score (nSPS) is 12.3. The van der Waals surface area contributed by atoms with Gasteiger partial charge in [-0.2, -0.15) is 0 Å². The fourth-order valence-electron chi connectivity index (χ4n) is 2.92. The Morgan fingerprint density at radius 3 is 2.63 bits per heavy atom. The summed E-state index contributed by atoms with van der Waals surface area (Å²) in [7, 11) is 0. The zero-order chi connectivity index (χ0) is 19.2. The molecule has 0 radical (unpaired) electrons. The van der Waals surface area contributed by atoms with Crippen molar-refractivity contribution in [1.29, 1.82) is 0 Å². The number of benzene rings is 2. The molecule has 0 aliphatic rings. The highest BCUT2D eigenvalue weighted by Crippen LogP contribution is 2.27. The molecule has 0 aliphatic carbocycles. The van der Waals surface area contributed by atoms with E-state index in [1.165, 1.54) is 0 Å². The molecule has 3 rings (SSSR count). The number of nitrogens with zero attached hydrogens (tertiary/aromatic N) is 1. The zero-order valence-electron chi connectivity index (χ0n) is 16.6. The van der Waals surface area contributed by atoms with Gasteiger partial charge in [-0.3, -0.25) is 4.98 Å². The lowest BCUT2D eigenvalue weighted by Crippen LogP contribution is -2.33. The molecule has 27 heavy (non-hydrogen) atoms. The van der Waals surface area contributed by atoms with Crippen molar-refractivity contribution in [2.75, 3.05) is 18.5 Å². The van der Waals surface area contributed by atoms with E-state index in [2.05, 4.69) is 54.6 Å². The topological polar surface area (TPSA) is 46.2 Å². The van der Waals surface area contributed by atoms with Crippen LogP contribution in [0.5, 0.6) is 5.75 Å². The number of aryl methyl sites for hydroxylation is 1. The highest BCUT2D eigenvalue weighted by molar-refractivity contribution is 5.93. The molecule has 0 bridgehead atoms. The molecule has 1 aromatic heterocycles. The molecule has 0 aliphatic heterocycles. The number of hydrogen-bond donors (Lipinski definition) is 2. The third-order valence-corrected chi connectivity index (χ3v) is 4.79. The molecule has 1 atom stereocenters. The van der Waals surface area contributed by atoms with Crippen LogP contribution in [0.1, 0.15) is 26.5 Å². The summed E-state index contributed by atoms with van der Waals surface area (Å²) < 4.78 is 5.91. The van der Waals surface area contributed by atoms with Gasteiger partial charge in [-0.05, 0) is 44.0 Å². The van der Waals surface area contributed by atoms with Crippen LogP contribution in [0.25, 0.3) is 10.9 Å². The van der Waals surface area contributed by atoms with E-state index in [1.807, 2.05) is 43.3 Å². The van der Waals surface area contributed by atoms with Gasteiger partial charge in [0.2, 0.25) is 0 Å². The first-order valence-corrected chi connectivity index (χ1v) is 9.62. The Kier molecular flexibility index (Phi) is 6.30. The van der Waals surface area contributed by atoms with Gasteiger partial charge in [-0.1, -0.05) is 38.1 Å². The van der Waals surface area contributed by atoms with Gasteiger partial charge in [-0.15, -0.1) is 0 Å². The van der Waals surface area contributed by atoms with Crippen molar-refractivity contribution in [3.8, 4) is 5.75 Å². The maximum absolute atomic E-state index is 5.91. The van der Waals surface area contributed by atoms with Crippen molar-refractivity contribution in [3.05, 3.63) is 60.3 Å². The number of aromatic nitrogens is 1. The molecule has 3 aromatic rings. The second-order valence-electron chi connectivity index (χ2n) is 7.32. The lowest BCUT2D eigenvalue weighted by Gasteiger charge is -2.17. The molecule has 0 spiro atoms. The Hall–Kier alpha value is -2.59. The standard InChI is InChI=1S/C23H29N3O/c1-16(2)18(4)24-12-13-27-20-9-7-8-19(15-20)26-23-14-17(3)25-22-11-6-5-10-21(22)23/h5-11,14-16,18,24H,12-13H2,1-4H3,(H,25,26). The highest BCUT2D eigenvalue weighted by Gasteiger charge is 2.06. The molecule has 4 heteroatoms. The number of para-hydroxylation sites is 1. The van der Waals surface area contributed by atoms with Gasteiger partial charge in [-0.25, -0.2) is 0 Å². The largest absolute Gasteiger partial charge is 0.492 e. The highest BCUT2D eigenvalue weighted by atomic mass is 16.5. The Bertz CT molecular complexity index is 892. The lowest BCUT2D eigenvalue weighted by atomic mass is 10.1. The Labute approximate surface area is 162 Å². The number of fused-ring (bicyclic) bond motifs is 1. The first-order valence-electron chi connectivity index (χ1n) is 9.62. The van der Waals surface area contributed by atoms with Crippen LogP contribution in [0.3, 0.4) is 0 Å². The lowest BCUT2D eigenvalue weighted by molar-refractivity contribution is 0.297. The second-order valence-corrected chi connectivity index (χ2v) is 7.32. The fourth-order valence-corrected chi connectivity index (χ4v) is 2.92. The summed E-state index contributed by atoms with van der Waals surface area (Å²) in [6.07, 6.45) is 0. The molecule has 1 heterocycles. The van der Waals surface area contributed by atoms with Crippen molar-refractivity contribution >= 4 is 22.3 Å². The second kappa shape index (κ2) is 8.87. The molecule has 0 amide bonds. The van der Waals surface area contributed by atoms with E-state index < -0.39 is 0 Å². The van der Waals surface area contributed by atoms with Gasteiger partial charge in [0.1, 0.15) is 12.4 Å². The average molecular weight is 364 g/mol. The summed E-state index contributed by atoms with van der Waals surface area (Å²) in [4.78, 5) is 4.60. The van der Waals surface area contributed by atoms with Gasteiger partial charge >= 0.3 is 0 Å². The van der Waals surface area contributed by atoms with E-state index in [-0.39, 0.29) is 0 Å². The first kappa shape index (κ1) is 19.2. The summed E-state index contributed by atoms with van der Waals surface area (Å²) in [6, 6.07) is 18.8. The maximum atomic E-state index is 5.91.